The Hall–Kier alpha value is -1.97. The van der Waals surface area contributed by atoms with Gasteiger partial charge in [-0.1, -0.05) is 23.7 Å². The van der Waals surface area contributed by atoms with E-state index in [-0.39, 0.29) is 6.04 Å². The number of rotatable bonds is 3. The lowest BCUT2D eigenvalue weighted by atomic mass is 10.0. The van der Waals surface area contributed by atoms with E-state index in [0.29, 0.717) is 0 Å². The SMILES string of the molecule is Clc1cccc(C2c3cccn3CCCN2Cc2ccco2)c1. The molecule has 118 valence electrons. The maximum Gasteiger partial charge on any atom is 0.117 e. The van der Waals surface area contributed by atoms with E-state index < -0.39 is 0 Å². The summed E-state index contributed by atoms with van der Waals surface area (Å²) in [5.74, 6) is 0.997. The fourth-order valence-corrected chi connectivity index (χ4v) is 3.67. The Labute approximate surface area is 141 Å². The molecule has 0 amide bonds. The van der Waals surface area contributed by atoms with Crippen molar-refractivity contribution < 1.29 is 4.42 Å². The van der Waals surface area contributed by atoms with Crippen LogP contribution >= 0.6 is 11.6 Å². The Bertz CT molecular complexity index is 778. The van der Waals surface area contributed by atoms with E-state index >= 15 is 0 Å². The zero-order chi connectivity index (χ0) is 15.6. The molecular weight excluding hydrogens is 308 g/mol. The van der Waals surface area contributed by atoms with Crippen LogP contribution in [0, 0.1) is 0 Å². The maximum absolute atomic E-state index is 6.25. The number of furan rings is 1. The summed E-state index contributed by atoms with van der Waals surface area (Å²) in [6.45, 7) is 2.88. The van der Waals surface area contributed by atoms with Crippen LogP contribution in [-0.4, -0.2) is 16.0 Å². The molecule has 1 atom stereocenters. The van der Waals surface area contributed by atoms with Gasteiger partial charge in [0.1, 0.15) is 5.76 Å². The average molecular weight is 327 g/mol. The van der Waals surface area contributed by atoms with Crippen LogP contribution in [0.2, 0.25) is 5.02 Å². The summed E-state index contributed by atoms with van der Waals surface area (Å²) in [5, 5.41) is 0.780. The van der Waals surface area contributed by atoms with Gasteiger partial charge in [0, 0.05) is 30.0 Å². The summed E-state index contributed by atoms with van der Waals surface area (Å²) in [6, 6.07) is 16.7. The standard InChI is InChI=1S/C19H19ClN2O/c20-16-6-1-5-15(13-16)19-18-8-2-9-21(18)10-4-11-22(19)14-17-7-3-12-23-17/h1-3,5-9,12-13,19H,4,10-11,14H2. The summed E-state index contributed by atoms with van der Waals surface area (Å²) in [6.07, 6.45) is 5.03. The molecule has 3 nitrogen and oxygen atoms in total. The molecule has 3 heterocycles. The van der Waals surface area contributed by atoms with Gasteiger partial charge in [0.25, 0.3) is 0 Å². The minimum absolute atomic E-state index is 0.191. The van der Waals surface area contributed by atoms with Gasteiger partial charge < -0.3 is 8.98 Å². The first-order valence-electron chi connectivity index (χ1n) is 7.98. The van der Waals surface area contributed by atoms with Crippen LogP contribution in [0.1, 0.15) is 29.5 Å². The van der Waals surface area contributed by atoms with Crippen LogP contribution in [0.4, 0.5) is 0 Å². The number of halogens is 1. The monoisotopic (exact) mass is 326 g/mol. The number of benzene rings is 1. The van der Waals surface area contributed by atoms with Crippen molar-refractivity contribution in [3.8, 4) is 0 Å². The van der Waals surface area contributed by atoms with Crippen LogP contribution in [-0.2, 0) is 13.1 Å². The number of nitrogens with zero attached hydrogens (tertiary/aromatic N) is 2. The molecule has 2 aromatic heterocycles. The molecule has 0 spiro atoms. The Morgan fingerprint density at radius 1 is 1.09 bits per heavy atom. The zero-order valence-electron chi connectivity index (χ0n) is 12.9. The normalized spacial score (nSPS) is 18.6. The van der Waals surface area contributed by atoms with Crippen LogP contribution in [0.3, 0.4) is 0 Å². The second kappa shape index (κ2) is 6.26. The molecule has 1 aromatic carbocycles. The zero-order valence-corrected chi connectivity index (χ0v) is 13.6. The number of fused-ring (bicyclic) bond motifs is 1. The first-order valence-corrected chi connectivity index (χ1v) is 8.36. The van der Waals surface area contributed by atoms with Crippen molar-refractivity contribution in [1.29, 1.82) is 0 Å². The highest BCUT2D eigenvalue weighted by Gasteiger charge is 2.27. The van der Waals surface area contributed by atoms with E-state index in [2.05, 4.69) is 39.9 Å². The molecule has 4 rings (SSSR count). The van der Waals surface area contributed by atoms with Crippen LogP contribution in [0.15, 0.2) is 65.4 Å². The van der Waals surface area contributed by atoms with Gasteiger partial charge in [-0.2, -0.15) is 0 Å². The van der Waals surface area contributed by atoms with Gasteiger partial charge in [0.2, 0.25) is 0 Å². The number of hydrogen-bond donors (Lipinski definition) is 0. The Morgan fingerprint density at radius 2 is 2.04 bits per heavy atom. The Morgan fingerprint density at radius 3 is 2.87 bits per heavy atom. The smallest absolute Gasteiger partial charge is 0.117 e. The highest BCUT2D eigenvalue weighted by molar-refractivity contribution is 6.30. The van der Waals surface area contributed by atoms with Gasteiger partial charge in [-0.25, -0.2) is 0 Å². The molecule has 0 fully saturated rings. The molecular formula is C19H19ClN2O. The molecule has 1 unspecified atom stereocenters. The van der Waals surface area contributed by atoms with E-state index in [9.17, 15) is 0 Å². The Kier molecular flexibility index (Phi) is 3.98. The minimum Gasteiger partial charge on any atom is -0.468 e. The lowest BCUT2D eigenvalue weighted by molar-refractivity contribution is 0.203. The fourth-order valence-electron chi connectivity index (χ4n) is 3.47. The molecule has 0 aliphatic carbocycles. The van der Waals surface area contributed by atoms with Crippen molar-refractivity contribution >= 4 is 11.6 Å². The second-order valence-corrected chi connectivity index (χ2v) is 6.42. The second-order valence-electron chi connectivity index (χ2n) is 5.99. The largest absolute Gasteiger partial charge is 0.468 e. The van der Waals surface area contributed by atoms with E-state index in [1.807, 2.05) is 24.3 Å². The van der Waals surface area contributed by atoms with Gasteiger partial charge in [-0.3, -0.25) is 4.90 Å². The highest BCUT2D eigenvalue weighted by Crippen LogP contribution is 2.34. The minimum atomic E-state index is 0.191. The lowest BCUT2D eigenvalue weighted by Crippen LogP contribution is -2.29. The summed E-state index contributed by atoms with van der Waals surface area (Å²) in [5.41, 5.74) is 2.54. The number of aryl methyl sites for hydroxylation is 1. The Balaban J connectivity index is 1.77. The predicted octanol–water partition coefficient (Wildman–Crippen LogP) is 4.73. The molecule has 23 heavy (non-hydrogen) atoms. The third-order valence-electron chi connectivity index (χ3n) is 4.46. The predicted molar refractivity (Wildman–Crippen MR) is 91.5 cm³/mol. The maximum atomic E-state index is 6.25. The molecule has 0 radical (unpaired) electrons. The van der Waals surface area contributed by atoms with E-state index in [4.69, 9.17) is 16.0 Å². The molecule has 4 heteroatoms. The molecule has 0 saturated heterocycles. The van der Waals surface area contributed by atoms with Gasteiger partial charge in [0.05, 0.1) is 18.8 Å². The van der Waals surface area contributed by atoms with Gasteiger partial charge in [0.15, 0.2) is 0 Å². The third kappa shape index (κ3) is 2.94. The third-order valence-corrected chi connectivity index (χ3v) is 4.69. The van der Waals surface area contributed by atoms with E-state index in [1.54, 1.807) is 6.26 Å². The molecule has 1 aliphatic rings. The molecule has 3 aromatic rings. The molecule has 0 bridgehead atoms. The fraction of sp³-hybridized carbons (Fsp3) is 0.263. The summed E-state index contributed by atoms with van der Waals surface area (Å²) < 4.78 is 7.93. The number of hydrogen-bond acceptors (Lipinski definition) is 2. The van der Waals surface area contributed by atoms with Crippen molar-refractivity contribution in [1.82, 2.24) is 9.47 Å². The van der Waals surface area contributed by atoms with Crippen molar-refractivity contribution in [2.24, 2.45) is 0 Å². The molecule has 0 saturated carbocycles. The van der Waals surface area contributed by atoms with Crippen molar-refractivity contribution in [3.63, 3.8) is 0 Å². The first kappa shape index (κ1) is 14.6. The number of aromatic nitrogens is 1. The molecule has 0 N–H and O–H groups in total. The van der Waals surface area contributed by atoms with Crippen molar-refractivity contribution in [3.05, 3.63) is 83.0 Å². The van der Waals surface area contributed by atoms with Gasteiger partial charge >= 0.3 is 0 Å². The highest BCUT2D eigenvalue weighted by atomic mass is 35.5. The van der Waals surface area contributed by atoms with Gasteiger partial charge in [-0.05, 0) is 48.4 Å². The molecule has 1 aliphatic heterocycles. The summed E-state index contributed by atoms with van der Waals surface area (Å²) >= 11 is 6.25. The van der Waals surface area contributed by atoms with Crippen LogP contribution < -0.4 is 0 Å². The average Bonchev–Trinajstić information content (AvgIpc) is 3.17. The van der Waals surface area contributed by atoms with E-state index in [0.717, 1.165) is 36.8 Å². The van der Waals surface area contributed by atoms with Gasteiger partial charge in [-0.15, -0.1) is 0 Å². The summed E-state index contributed by atoms with van der Waals surface area (Å²) in [7, 11) is 0. The van der Waals surface area contributed by atoms with Crippen molar-refractivity contribution in [2.75, 3.05) is 6.54 Å². The van der Waals surface area contributed by atoms with Crippen molar-refractivity contribution in [2.45, 2.75) is 25.6 Å². The topological polar surface area (TPSA) is 21.3 Å². The summed E-state index contributed by atoms with van der Waals surface area (Å²) in [4.78, 5) is 2.48. The lowest BCUT2D eigenvalue weighted by Gasteiger charge is -2.30. The first-order chi connectivity index (χ1) is 11.3. The van der Waals surface area contributed by atoms with E-state index in [1.165, 1.54) is 11.3 Å². The van der Waals surface area contributed by atoms with Crippen LogP contribution in [0.25, 0.3) is 0 Å². The van der Waals surface area contributed by atoms with Crippen LogP contribution in [0.5, 0.6) is 0 Å². The quantitative estimate of drug-likeness (QED) is 0.694.